The minimum absolute atomic E-state index is 0.0271. The molecular formula is C9H9F5N2. The van der Waals surface area contributed by atoms with Gasteiger partial charge in [0.1, 0.15) is 0 Å². The topological polar surface area (TPSA) is 52.0 Å². The monoisotopic (exact) mass is 240 g/mol. The van der Waals surface area contributed by atoms with Gasteiger partial charge >= 0.3 is 0 Å². The van der Waals surface area contributed by atoms with Crippen molar-refractivity contribution in [3.63, 3.8) is 0 Å². The Labute approximate surface area is 88.0 Å². The zero-order chi connectivity index (χ0) is 12.5. The summed E-state index contributed by atoms with van der Waals surface area (Å²) in [6.45, 7) is -0.0271. The van der Waals surface area contributed by atoms with Crippen molar-refractivity contribution < 1.29 is 22.0 Å². The molecule has 1 atom stereocenters. The van der Waals surface area contributed by atoms with Gasteiger partial charge in [0, 0.05) is 11.6 Å². The van der Waals surface area contributed by atoms with E-state index in [0.29, 0.717) is 0 Å². The molecule has 0 radical (unpaired) electrons. The van der Waals surface area contributed by atoms with Crippen molar-refractivity contribution in [3.8, 4) is 0 Å². The number of rotatable bonds is 3. The molecule has 0 bridgehead atoms. The first-order valence-corrected chi connectivity index (χ1v) is 4.38. The normalized spacial score (nSPS) is 12.9. The number of halogens is 5. The maximum atomic E-state index is 13.1. The summed E-state index contributed by atoms with van der Waals surface area (Å²) in [5.41, 5.74) is 9.34. The first-order chi connectivity index (χ1) is 7.41. The van der Waals surface area contributed by atoms with Gasteiger partial charge < -0.3 is 11.5 Å². The van der Waals surface area contributed by atoms with Crippen LogP contribution in [0.4, 0.5) is 22.0 Å². The average Bonchev–Trinajstić information content (AvgIpc) is 2.24. The van der Waals surface area contributed by atoms with Crippen molar-refractivity contribution in [2.75, 3.05) is 6.54 Å². The SMILES string of the molecule is NCC[C@H](N)c1c(F)c(F)c(F)c(F)c1F. The van der Waals surface area contributed by atoms with E-state index in [1.807, 2.05) is 0 Å². The van der Waals surface area contributed by atoms with Gasteiger partial charge in [-0.25, -0.2) is 22.0 Å². The van der Waals surface area contributed by atoms with E-state index in [1.54, 1.807) is 0 Å². The van der Waals surface area contributed by atoms with Crippen molar-refractivity contribution >= 4 is 0 Å². The Bertz CT molecular complexity index is 378. The lowest BCUT2D eigenvalue weighted by Gasteiger charge is -2.14. The summed E-state index contributed by atoms with van der Waals surface area (Å²) in [7, 11) is 0. The fourth-order valence-corrected chi connectivity index (χ4v) is 1.27. The summed E-state index contributed by atoms with van der Waals surface area (Å²) in [5, 5.41) is 0. The Morgan fingerprint density at radius 1 is 0.812 bits per heavy atom. The van der Waals surface area contributed by atoms with Crippen LogP contribution in [0.3, 0.4) is 0 Å². The van der Waals surface area contributed by atoms with E-state index < -0.39 is 40.7 Å². The number of benzene rings is 1. The summed E-state index contributed by atoms with van der Waals surface area (Å²) >= 11 is 0. The third kappa shape index (κ3) is 2.00. The first-order valence-electron chi connectivity index (χ1n) is 4.38. The third-order valence-corrected chi connectivity index (χ3v) is 2.09. The Balaban J connectivity index is 3.39. The Morgan fingerprint density at radius 3 is 1.56 bits per heavy atom. The second-order valence-corrected chi connectivity index (χ2v) is 3.17. The van der Waals surface area contributed by atoms with E-state index in [9.17, 15) is 22.0 Å². The molecule has 4 N–H and O–H groups in total. The van der Waals surface area contributed by atoms with Gasteiger partial charge in [-0.3, -0.25) is 0 Å². The maximum Gasteiger partial charge on any atom is 0.200 e. The van der Waals surface area contributed by atoms with Crippen LogP contribution in [0.15, 0.2) is 0 Å². The van der Waals surface area contributed by atoms with Crippen LogP contribution >= 0.6 is 0 Å². The highest BCUT2D eigenvalue weighted by atomic mass is 19.2. The lowest BCUT2D eigenvalue weighted by atomic mass is 10.0. The molecule has 0 heterocycles. The van der Waals surface area contributed by atoms with Crippen molar-refractivity contribution in [1.82, 2.24) is 0 Å². The summed E-state index contributed by atoms with van der Waals surface area (Å²) in [4.78, 5) is 0. The van der Waals surface area contributed by atoms with E-state index in [-0.39, 0.29) is 13.0 Å². The van der Waals surface area contributed by atoms with Crippen molar-refractivity contribution in [3.05, 3.63) is 34.6 Å². The highest BCUT2D eigenvalue weighted by molar-refractivity contribution is 5.26. The van der Waals surface area contributed by atoms with Gasteiger partial charge in [-0.1, -0.05) is 0 Å². The van der Waals surface area contributed by atoms with E-state index in [4.69, 9.17) is 11.5 Å². The minimum atomic E-state index is -2.20. The molecule has 16 heavy (non-hydrogen) atoms. The molecule has 0 aliphatic carbocycles. The van der Waals surface area contributed by atoms with Crippen LogP contribution in [-0.4, -0.2) is 6.54 Å². The van der Waals surface area contributed by atoms with Gasteiger partial charge in [-0.05, 0) is 13.0 Å². The molecule has 0 amide bonds. The second kappa shape index (κ2) is 4.75. The molecule has 0 unspecified atom stereocenters. The quantitative estimate of drug-likeness (QED) is 0.480. The Morgan fingerprint density at radius 2 is 1.19 bits per heavy atom. The minimum Gasteiger partial charge on any atom is -0.330 e. The van der Waals surface area contributed by atoms with Gasteiger partial charge in [-0.2, -0.15) is 0 Å². The number of hydrogen-bond donors (Lipinski definition) is 2. The summed E-state index contributed by atoms with van der Waals surface area (Å²) in [6.07, 6.45) is -0.0850. The van der Waals surface area contributed by atoms with E-state index >= 15 is 0 Å². The molecule has 1 rings (SSSR count). The Hall–Kier alpha value is -1.21. The Kier molecular flexibility index (Phi) is 3.82. The lowest BCUT2D eigenvalue weighted by Crippen LogP contribution is -2.20. The van der Waals surface area contributed by atoms with Crippen LogP contribution in [0, 0.1) is 29.1 Å². The van der Waals surface area contributed by atoms with Crippen LogP contribution in [0.5, 0.6) is 0 Å². The molecule has 0 saturated carbocycles. The molecule has 0 aliphatic rings. The fraction of sp³-hybridized carbons (Fsp3) is 0.333. The number of nitrogens with two attached hydrogens (primary N) is 2. The zero-order valence-corrected chi connectivity index (χ0v) is 8.04. The smallest absolute Gasteiger partial charge is 0.200 e. The molecule has 0 aromatic heterocycles. The summed E-state index contributed by atoms with van der Waals surface area (Å²) in [5.74, 6) is -10.0. The maximum absolute atomic E-state index is 13.1. The van der Waals surface area contributed by atoms with Crippen molar-refractivity contribution in [2.45, 2.75) is 12.5 Å². The van der Waals surface area contributed by atoms with Gasteiger partial charge in [0.25, 0.3) is 0 Å². The first kappa shape index (κ1) is 12.9. The predicted octanol–water partition coefficient (Wildman–Crippen LogP) is 1.73. The molecule has 7 heteroatoms. The average molecular weight is 240 g/mol. The lowest BCUT2D eigenvalue weighted by molar-refractivity contribution is 0.362. The molecule has 0 saturated heterocycles. The fourth-order valence-electron chi connectivity index (χ4n) is 1.27. The van der Waals surface area contributed by atoms with Crippen LogP contribution in [0.2, 0.25) is 0 Å². The standard InChI is InChI=1S/C9H9F5N2/c10-5-4(3(16)1-2-15)6(11)8(13)9(14)7(5)12/h3H,1-2,15-16H2/t3-/m0/s1. The molecule has 1 aromatic carbocycles. The van der Waals surface area contributed by atoms with E-state index in [1.165, 1.54) is 0 Å². The van der Waals surface area contributed by atoms with Gasteiger partial charge in [0.15, 0.2) is 23.3 Å². The van der Waals surface area contributed by atoms with Gasteiger partial charge in [-0.15, -0.1) is 0 Å². The zero-order valence-electron chi connectivity index (χ0n) is 8.04. The largest absolute Gasteiger partial charge is 0.330 e. The third-order valence-electron chi connectivity index (χ3n) is 2.09. The molecular weight excluding hydrogens is 231 g/mol. The summed E-state index contributed by atoms with van der Waals surface area (Å²) < 4.78 is 64.4. The van der Waals surface area contributed by atoms with Gasteiger partial charge in [0.2, 0.25) is 5.82 Å². The highest BCUT2D eigenvalue weighted by Crippen LogP contribution is 2.27. The molecule has 0 spiro atoms. The molecule has 2 nitrogen and oxygen atoms in total. The second-order valence-electron chi connectivity index (χ2n) is 3.17. The molecule has 90 valence electrons. The van der Waals surface area contributed by atoms with E-state index in [0.717, 1.165) is 0 Å². The molecule has 1 aromatic rings. The predicted molar refractivity (Wildman–Crippen MR) is 46.8 cm³/mol. The van der Waals surface area contributed by atoms with Crippen LogP contribution in [0.25, 0.3) is 0 Å². The van der Waals surface area contributed by atoms with Gasteiger partial charge in [0.05, 0.1) is 0 Å². The highest BCUT2D eigenvalue weighted by Gasteiger charge is 2.28. The van der Waals surface area contributed by atoms with E-state index in [2.05, 4.69) is 0 Å². The molecule has 0 fully saturated rings. The van der Waals surface area contributed by atoms with Crippen molar-refractivity contribution in [2.24, 2.45) is 11.5 Å². The molecule has 0 aliphatic heterocycles. The van der Waals surface area contributed by atoms with Crippen LogP contribution in [-0.2, 0) is 0 Å². The van der Waals surface area contributed by atoms with Crippen LogP contribution < -0.4 is 11.5 Å². The van der Waals surface area contributed by atoms with Crippen LogP contribution in [0.1, 0.15) is 18.0 Å². The number of hydrogen-bond acceptors (Lipinski definition) is 2. The van der Waals surface area contributed by atoms with Crippen molar-refractivity contribution in [1.29, 1.82) is 0 Å². The summed E-state index contributed by atoms with van der Waals surface area (Å²) in [6, 6.07) is -1.32.